The monoisotopic (exact) mass is 246 g/mol. The van der Waals surface area contributed by atoms with Crippen LogP contribution in [0.1, 0.15) is 32.1 Å². The predicted octanol–water partition coefficient (Wildman–Crippen LogP) is 3.27. The van der Waals surface area contributed by atoms with E-state index in [2.05, 4.69) is 5.32 Å². The third kappa shape index (κ3) is 3.25. The van der Waals surface area contributed by atoms with Crippen LogP contribution in [0.15, 0.2) is 24.3 Å². The van der Waals surface area contributed by atoms with Crippen molar-refractivity contribution in [1.29, 1.82) is 0 Å². The Kier molecular flexibility index (Phi) is 4.24. The Morgan fingerprint density at radius 1 is 1.22 bits per heavy atom. The molecule has 1 fully saturated rings. The first-order valence-electron chi connectivity index (χ1n) is 6.75. The molecular weight excluding hydrogens is 224 g/mol. The maximum atomic E-state index is 12.1. The van der Waals surface area contributed by atoms with Gasteiger partial charge >= 0.3 is 0 Å². The maximum Gasteiger partial charge on any atom is 0.227 e. The van der Waals surface area contributed by atoms with Gasteiger partial charge in [0.05, 0.1) is 0 Å². The number of rotatable bonds is 3. The molecule has 0 unspecified atom stereocenters. The molecule has 0 spiro atoms. The summed E-state index contributed by atoms with van der Waals surface area (Å²) in [4.78, 5) is 14.2. The van der Waals surface area contributed by atoms with Gasteiger partial charge in [0.25, 0.3) is 0 Å². The van der Waals surface area contributed by atoms with Crippen molar-refractivity contribution in [3.8, 4) is 0 Å². The maximum absolute atomic E-state index is 12.1. The highest BCUT2D eigenvalue weighted by molar-refractivity contribution is 5.93. The molecule has 18 heavy (non-hydrogen) atoms. The van der Waals surface area contributed by atoms with Gasteiger partial charge in [-0.1, -0.05) is 25.3 Å². The Morgan fingerprint density at radius 2 is 1.94 bits per heavy atom. The molecule has 3 nitrogen and oxygen atoms in total. The molecule has 1 aliphatic carbocycles. The van der Waals surface area contributed by atoms with Crippen molar-refractivity contribution < 1.29 is 4.79 Å². The largest absolute Gasteiger partial charge is 0.378 e. The number of carbonyl (C=O) groups excluding carboxylic acids is 1. The van der Waals surface area contributed by atoms with Gasteiger partial charge in [0, 0.05) is 31.4 Å². The summed E-state index contributed by atoms with van der Waals surface area (Å²) in [7, 11) is 4.00. The topological polar surface area (TPSA) is 32.3 Å². The van der Waals surface area contributed by atoms with Gasteiger partial charge in [-0.3, -0.25) is 4.79 Å². The molecule has 0 aliphatic heterocycles. The fourth-order valence-corrected chi connectivity index (χ4v) is 2.47. The summed E-state index contributed by atoms with van der Waals surface area (Å²) in [6, 6.07) is 7.98. The third-order valence-corrected chi connectivity index (χ3v) is 3.61. The Balaban J connectivity index is 1.99. The van der Waals surface area contributed by atoms with Crippen molar-refractivity contribution in [3.05, 3.63) is 24.3 Å². The zero-order valence-electron chi connectivity index (χ0n) is 11.3. The van der Waals surface area contributed by atoms with Gasteiger partial charge in [-0.25, -0.2) is 0 Å². The van der Waals surface area contributed by atoms with Crippen molar-refractivity contribution in [2.75, 3.05) is 24.3 Å². The summed E-state index contributed by atoms with van der Waals surface area (Å²) in [5.41, 5.74) is 2.01. The van der Waals surface area contributed by atoms with E-state index in [4.69, 9.17) is 0 Å². The standard InChI is InChI=1S/C15H22N2O/c1-17(2)14-10-6-9-13(11-14)16-15(18)12-7-4-3-5-8-12/h6,9-12H,3-5,7-8H2,1-2H3,(H,16,18). The molecule has 3 heteroatoms. The number of amides is 1. The lowest BCUT2D eigenvalue weighted by Gasteiger charge is -2.21. The van der Waals surface area contributed by atoms with E-state index in [9.17, 15) is 4.79 Å². The Morgan fingerprint density at radius 3 is 2.61 bits per heavy atom. The van der Waals surface area contributed by atoms with Crippen LogP contribution in [0.3, 0.4) is 0 Å². The molecule has 1 saturated carbocycles. The van der Waals surface area contributed by atoms with Crippen LogP contribution in [0, 0.1) is 5.92 Å². The van der Waals surface area contributed by atoms with Crippen LogP contribution < -0.4 is 10.2 Å². The molecule has 0 saturated heterocycles. The smallest absolute Gasteiger partial charge is 0.227 e. The van der Waals surface area contributed by atoms with Crippen LogP contribution in [0.25, 0.3) is 0 Å². The van der Waals surface area contributed by atoms with Crippen LogP contribution in [-0.2, 0) is 4.79 Å². The second-order valence-corrected chi connectivity index (χ2v) is 5.27. The van der Waals surface area contributed by atoms with Crippen LogP contribution in [0.5, 0.6) is 0 Å². The Hall–Kier alpha value is -1.51. The zero-order chi connectivity index (χ0) is 13.0. The second-order valence-electron chi connectivity index (χ2n) is 5.27. The summed E-state index contributed by atoms with van der Waals surface area (Å²) in [6.07, 6.45) is 5.74. The Bertz CT molecular complexity index is 409. The number of nitrogens with one attached hydrogen (secondary N) is 1. The molecule has 1 N–H and O–H groups in total. The van der Waals surface area contributed by atoms with Crippen LogP contribution in [0.4, 0.5) is 11.4 Å². The first-order chi connectivity index (χ1) is 8.66. The molecule has 1 aliphatic rings. The van der Waals surface area contributed by atoms with Crippen molar-refractivity contribution in [2.45, 2.75) is 32.1 Å². The molecule has 0 bridgehead atoms. The van der Waals surface area contributed by atoms with Gasteiger partial charge in [-0.2, -0.15) is 0 Å². The van der Waals surface area contributed by atoms with E-state index in [-0.39, 0.29) is 11.8 Å². The molecule has 2 rings (SSSR count). The van der Waals surface area contributed by atoms with Gasteiger partial charge in [0.15, 0.2) is 0 Å². The van der Waals surface area contributed by atoms with E-state index < -0.39 is 0 Å². The van der Waals surface area contributed by atoms with Crippen molar-refractivity contribution in [2.24, 2.45) is 5.92 Å². The van der Waals surface area contributed by atoms with E-state index >= 15 is 0 Å². The van der Waals surface area contributed by atoms with Crippen LogP contribution >= 0.6 is 0 Å². The first kappa shape index (κ1) is 12.9. The fraction of sp³-hybridized carbons (Fsp3) is 0.533. The van der Waals surface area contributed by atoms with E-state index in [1.54, 1.807) is 0 Å². The number of hydrogen-bond donors (Lipinski definition) is 1. The number of hydrogen-bond acceptors (Lipinski definition) is 2. The molecule has 0 heterocycles. The summed E-state index contributed by atoms with van der Waals surface area (Å²) in [6.45, 7) is 0. The minimum Gasteiger partial charge on any atom is -0.378 e. The summed E-state index contributed by atoms with van der Waals surface area (Å²) >= 11 is 0. The molecule has 0 aromatic heterocycles. The van der Waals surface area contributed by atoms with Gasteiger partial charge in [0.1, 0.15) is 0 Å². The highest BCUT2D eigenvalue weighted by Crippen LogP contribution is 2.25. The molecule has 98 valence electrons. The number of nitrogens with zero attached hydrogens (tertiary/aromatic N) is 1. The first-order valence-corrected chi connectivity index (χ1v) is 6.75. The van der Waals surface area contributed by atoms with E-state index in [0.717, 1.165) is 24.2 Å². The van der Waals surface area contributed by atoms with Gasteiger partial charge in [0.2, 0.25) is 5.91 Å². The molecule has 0 atom stereocenters. The van der Waals surface area contributed by atoms with E-state index in [1.807, 2.05) is 43.3 Å². The SMILES string of the molecule is CN(C)c1cccc(NC(=O)C2CCCCC2)c1. The van der Waals surface area contributed by atoms with Gasteiger partial charge in [-0.05, 0) is 31.0 Å². The van der Waals surface area contributed by atoms with Crippen LogP contribution in [-0.4, -0.2) is 20.0 Å². The minimum atomic E-state index is 0.186. The zero-order valence-corrected chi connectivity index (χ0v) is 11.3. The number of carbonyl (C=O) groups is 1. The molecule has 0 radical (unpaired) electrons. The van der Waals surface area contributed by atoms with Crippen molar-refractivity contribution in [1.82, 2.24) is 0 Å². The Labute approximate surface area is 109 Å². The molecule has 1 aromatic carbocycles. The molecular formula is C15H22N2O. The lowest BCUT2D eigenvalue weighted by atomic mass is 9.88. The number of anilines is 2. The lowest BCUT2D eigenvalue weighted by molar-refractivity contribution is -0.120. The van der Waals surface area contributed by atoms with Crippen molar-refractivity contribution >= 4 is 17.3 Å². The quantitative estimate of drug-likeness (QED) is 0.887. The third-order valence-electron chi connectivity index (χ3n) is 3.61. The van der Waals surface area contributed by atoms with Gasteiger partial charge in [-0.15, -0.1) is 0 Å². The summed E-state index contributed by atoms with van der Waals surface area (Å²) < 4.78 is 0. The lowest BCUT2D eigenvalue weighted by Crippen LogP contribution is -2.24. The average Bonchev–Trinajstić information content (AvgIpc) is 2.40. The average molecular weight is 246 g/mol. The minimum absolute atomic E-state index is 0.186. The number of benzene rings is 1. The fourth-order valence-electron chi connectivity index (χ4n) is 2.47. The summed E-state index contributed by atoms with van der Waals surface area (Å²) in [5, 5.41) is 3.04. The van der Waals surface area contributed by atoms with E-state index in [1.165, 1.54) is 19.3 Å². The van der Waals surface area contributed by atoms with E-state index in [0.29, 0.717) is 0 Å². The van der Waals surface area contributed by atoms with Crippen LogP contribution in [0.2, 0.25) is 0 Å². The normalized spacial score (nSPS) is 16.3. The van der Waals surface area contributed by atoms with Crippen molar-refractivity contribution in [3.63, 3.8) is 0 Å². The highest BCUT2D eigenvalue weighted by Gasteiger charge is 2.20. The predicted molar refractivity (Wildman–Crippen MR) is 76.0 cm³/mol. The van der Waals surface area contributed by atoms with Gasteiger partial charge < -0.3 is 10.2 Å². The molecule has 1 amide bonds. The summed E-state index contributed by atoms with van der Waals surface area (Å²) in [5.74, 6) is 0.396. The highest BCUT2D eigenvalue weighted by atomic mass is 16.1. The molecule has 1 aromatic rings. The second kappa shape index (κ2) is 5.89.